The van der Waals surface area contributed by atoms with E-state index >= 15 is 0 Å². The fraction of sp³-hybridized carbons (Fsp3) is 0.263. The van der Waals surface area contributed by atoms with Crippen LogP contribution in [-0.4, -0.2) is 28.2 Å². The Labute approximate surface area is 150 Å². The van der Waals surface area contributed by atoms with Crippen molar-refractivity contribution in [3.8, 4) is 0 Å². The second-order valence-corrected chi connectivity index (χ2v) is 6.31. The van der Waals surface area contributed by atoms with Gasteiger partial charge in [0.05, 0.1) is 11.8 Å². The molecule has 2 heterocycles. The number of unbranched alkanes of at least 4 members (excludes halogenated alkanes) is 1. The molecule has 0 radical (unpaired) electrons. The number of ketones is 1. The fourth-order valence-electron chi connectivity index (χ4n) is 2.97. The van der Waals surface area contributed by atoms with E-state index in [-0.39, 0.29) is 11.3 Å². The minimum Gasteiger partial charge on any atom is -0.507 e. The first-order valence-electron chi connectivity index (χ1n) is 8.12. The van der Waals surface area contributed by atoms with Gasteiger partial charge >= 0.3 is 0 Å². The van der Waals surface area contributed by atoms with Crippen molar-refractivity contribution in [2.24, 2.45) is 0 Å². The summed E-state index contributed by atoms with van der Waals surface area (Å²) >= 11 is 5.98. The van der Waals surface area contributed by atoms with Crippen molar-refractivity contribution in [3.63, 3.8) is 0 Å². The van der Waals surface area contributed by atoms with Gasteiger partial charge in [0.15, 0.2) is 0 Å². The van der Waals surface area contributed by atoms with Crippen LogP contribution in [0.2, 0.25) is 5.02 Å². The fourth-order valence-corrected chi connectivity index (χ4v) is 3.16. The number of nitrogens with zero attached hydrogens (tertiary/aromatic N) is 1. The summed E-state index contributed by atoms with van der Waals surface area (Å²) in [6.45, 7) is 2.42. The number of hydrogen-bond acceptors (Lipinski definition) is 4. The van der Waals surface area contributed by atoms with Crippen molar-refractivity contribution in [2.45, 2.75) is 25.8 Å². The van der Waals surface area contributed by atoms with Crippen LogP contribution in [0.5, 0.6) is 0 Å². The first kappa shape index (κ1) is 17.3. The quantitative estimate of drug-likeness (QED) is 0.494. The number of amides is 1. The number of Topliss-reactive ketones (excluding diaryl/α,β-unsaturated/α-hetero) is 1. The second kappa shape index (κ2) is 7.15. The van der Waals surface area contributed by atoms with E-state index in [9.17, 15) is 14.7 Å². The Morgan fingerprint density at radius 2 is 2.08 bits per heavy atom. The van der Waals surface area contributed by atoms with Gasteiger partial charge in [0.25, 0.3) is 11.7 Å². The molecule has 25 heavy (non-hydrogen) atoms. The van der Waals surface area contributed by atoms with E-state index in [1.165, 1.54) is 11.2 Å². The standard InChI is InChI=1S/C19H18ClNO4/c1-2-3-9-21-16(14-8-5-10-25-14)15(18(23)19(21)24)17(22)12-6-4-7-13(20)11-12/h4-8,10-11,16,22H,2-3,9H2,1H3/b17-15-. The van der Waals surface area contributed by atoms with Gasteiger partial charge in [0, 0.05) is 17.1 Å². The summed E-state index contributed by atoms with van der Waals surface area (Å²) in [4.78, 5) is 26.6. The Hall–Kier alpha value is -2.53. The molecule has 1 N–H and O–H groups in total. The van der Waals surface area contributed by atoms with Crippen molar-refractivity contribution in [1.82, 2.24) is 4.90 Å². The number of carbonyl (C=O) groups is 2. The Balaban J connectivity index is 2.13. The van der Waals surface area contributed by atoms with Crippen LogP contribution in [0.1, 0.15) is 37.1 Å². The van der Waals surface area contributed by atoms with E-state index in [0.717, 1.165) is 12.8 Å². The van der Waals surface area contributed by atoms with Gasteiger partial charge < -0.3 is 14.4 Å². The SMILES string of the molecule is CCCCN1C(=O)C(=O)/C(=C(\O)c2cccc(Cl)c2)C1c1ccco1. The number of benzene rings is 1. The molecule has 1 amide bonds. The van der Waals surface area contributed by atoms with Crippen LogP contribution in [0.25, 0.3) is 5.76 Å². The maximum atomic E-state index is 12.6. The molecule has 0 bridgehead atoms. The van der Waals surface area contributed by atoms with E-state index < -0.39 is 17.7 Å². The molecule has 0 spiro atoms. The zero-order valence-electron chi connectivity index (χ0n) is 13.7. The largest absolute Gasteiger partial charge is 0.507 e. The van der Waals surface area contributed by atoms with Crippen molar-refractivity contribution < 1.29 is 19.1 Å². The number of likely N-dealkylation sites (tertiary alicyclic amines) is 1. The molecule has 1 aromatic heterocycles. The summed E-state index contributed by atoms with van der Waals surface area (Å²) in [6.07, 6.45) is 3.11. The van der Waals surface area contributed by atoms with Crippen LogP contribution in [0.15, 0.2) is 52.7 Å². The maximum Gasteiger partial charge on any atom is 0.295 e. The van der Waals surface area contributed by atoms with E-state index in [4.69, 9.17) is 16.0 Å². The molecule has 1 aliphatic heterocycles. The number of rotatable bonds is 5. The molecule has 5 nitrogen and oxygen atoms in total. The third-order valence-corrected chi connectivity index (χ3v) is 4.44. The van der Waals surface area contributed by atoms with E-state index in [0.29, 0.717) is 22.9 Å². The van der Waals surface area contributed by atoms with E-state index in [1.807, 2.05) is 6.92 Å². The van der Waals surface area contributed by atoms with Crippen molar-refractivity contribution >= 4 is 29.1 Å². The monoisotopic (exact) mass is 359 g/mol. The van der Waals surface area contributed by atoms with Crippen LogP contribution in [-0.2, 0) is 9.59 Å². The molecule has 2 aromatic rings. The lowest BCUT2D eigenvalue weighted by atomic mass is 9.99. The normalized spacial score (nSPS) is 19.6. The first-order valence-corrected chi connectivity index (χ1v) is 8.50. The molecule has 1 unspecified atom stereocenters. The summed E-state index contributed by atoms with van der Waals surface area (Å²) in [5.41, 5.74) is 0.413. The molecule has 1 saturated heterocycles. The van der Waals surface area contributed by atoms with Gasteiger partial charge in [-0.2, -0.15) is 0 Å². The predicted octanol–water partition coefficient (Wildman–Crippen LogP) is 4.15. The number of hydrogen-bond donors (Lipinski definition) is 1. The average Bonchev–Trinajstić information content (AvgIpc) is 3.21. The van der Waals surface area contributed by atoms with Crippen LogP contribution >= 0.6 is 11.6 Å². The number of aliphatic hydroxyl groups excluding tert-OH is 1. The van der Waals surface area contributed by atoms with Gasteiger partial charge in [-0.05, 0) is 30.7 Å². The second-order valence-electron chi connectivity index (χ2n) is 5.87. The van der Waals surface area contributed by atoms with Crippen molar-refractivity contribution in [2.75, 3.05) is 6.54 Å². The molecular formula is C19H18ClNO4. The Bertz CT molecular complexity index is 826. The van der Waals surface area contributed by atoms with E-state index in [1.54, 1.807) is 36.4 Å². The summed E-state index contributed by atoms with van der Waals surface area (Å²) < 4.78 is 5.45. The third-order valence-electron chi connectivity index (χ3n) is 4.20. The number of carbonyl (C=O) groups excluding carboxylic acids is 2. The summed E-state index contributed by atoms with van der Waals surface area (Å²) in [5, 5.41) is 11.2. The Morgan fingerprint density at radius 3 is 2.72 bits per heavy atom. The van der Waals surface area contributed by atoms with Crippen molar-refractivity contribution in [1.29, 1.82) is 0 Å². The van der Waals surface area contributed by atoms with Gasteiger partial charge in [-0.1, -0.05) is 37.1 Å². The molecule has 0 aliphatic carbocycles. The minimum absolute atomic E-state index is 0.0262. The van der Waals surface area contributed by atoms with Crippen LogP contribution < -0.4 is 0 Å². The first-order chi connectivity index (χ1) is 12.0. The highest BCUT2D eigenvalue weighted by molar-refractivity contribution is 6.46. The Morgan fingerprint density at radius 1 is 1.28 bits per heavy atom. The lowest BCUT2D eigenvalue weighted by Crippen LogP contribution is -2.30. The average molecular weight is 360 g/mol. The van der Waals surface area contributed by atoms with Crippen LogP contribution in [0.3, 0.4) is 0 Å². The molecule has 0 saturated carbocycles. The highest BCUT2D eigenvalue weighted by Crippen LogP contribution is 2.39. The van der Waals surface area contributed by atoms with Crippen molar-refractivity contribution in [3.05, 3.63) is 64.6 Å². The van der Waals surface area contributed by atoms with Gasteiger partial charge in [-0.25, -0.2) is 0 Å². The summed E-state index contributed by atoms with van der Waals surface area (Å²) in [5.74, 6) is -1.14. The molecule has 1 atom stereocenters. The van der Waals surface area contributed by atoms with Crippen LogP contribution in [0, 0.1) is 0 Å². The molecule has 1 aliphatic rings. The highest BCUT2D eigenvalue weighted by Gasteiger charge is 2.47. The zero-order chi connectivity index (χ0) is 18.0. The third kappa shape index (κ3) is 3.20. The maximum absolute atomic E-state index is 12.6. The minimum atomic E-state index is -0.736. The van der Waals surface area contributed by atoms with E-state index in [2.05, 4.69) is 0 Å². The molecule has 1 fully saturated rings. The zero-order valence-corrected chi connectivity index (χ0v) is 14.5. The van der Waals surface area contributed by atoms with Gasteiger partial charge in [0.1, 0.15) is 17.6 Å². The summed E-state index contributed by atoms with van der Waals surface area (Å²) in [6, 6.07) is 9.18. The molecule has 6 heteroatoms. The van der Waals surface area contributed by atoms with Crippen LogP contribution in [0.4, 0.5) is 0 Å². The van der Waals surface area contributed by atoms with Gasteiger partial charge in [-0.3, -0.25) is 9.59 Å². The molecular weight excluding hydrogens is 342 g/mol. The molecule has 130 valence electrons. The van der Waals surface area contributed by atoms with Gasteiger partial charge in [-0.15, -0.1) is 0 Å². The van der Waals surface area contributed by atoms with Gasteiger partial charge in [0.2, 0.25) is 0 Å². The number of halogens is 1. The number of aliphatic hydroxyl groups is 1. The molecule has 1 aromatic carbocycles. The smallest absolute Gasteiger partial charge is 0.295 e. The Kier molecular flexibility index (Phi) is 4.95. The lowest BCUT2D eigenvalue weighted by Gasteiger charge is -2.23. The highest BCUT2D eigenvalue weighted by atomic mass is 35.5. The molecule has 3 rings (SSSR count). The predicted molar refractivity (Wildman–Crippen MR) is 94.1 cm³/mol. The number of furan rings is 1. The lowest BCUT2D eigenvalue weighted by molar-refractivity contribution is -0.140. The summed E-state index contributed by atoms with van der Waals surface area (Å²) in [7, 11) is 0. The topological polar surface area (TPSA) is 70.8 Å².